The molecule has 1 aromatic carbocycles. The van der Waals surface area contributed by atoms with E-state index in [0.29, 0.717) is 11.8 Å². The van der Waals surface area contributed by atoms with Gasteiger partial charge in [-0.05, 0) is 43.1 Å². The van der Waals surface area contributed by atoms with Crippen molar-refractivity contribution in [3.63, 3.8) is 0 Å². The average molecular weight is 380 g/mol. The maximum absolute atomic E-state index is 2.62. The molecule has 1 aliphatic carbocycles. The van der Waals surface area contributed by atoms with Crippen molar-refractivity contribution in [2.24, 2.45) is 5.92 Å². The predicted octanol–water partition coefficient (Wildman–Crippen LogP) is 6.29. The summed E-state index contributed by atoms with van der Waals surface area (Å²) in [5.74, 6) is 1.29. The molecule has 108 valence electrons. The second-order valence-electron chi connectivity index (χ2n) is 5.76. The van der Waals surface area contributed by atoms with Gasteiger partial charge in [-0.15, -0.1) is 0 Å². The van der Waals surface area contributed by atoms with Crippen LogP contribution in [0.2, 0.25) is 0 Å². The Kier molecular flexibility index (Phi) is 6.34. The molecule has 0 spiro atoms. The van der Waals surface area contributed by atoms with Crippen molar-refractivity contribution < 1.29 is 0 Å². The van der Waals surface area contributed by atoms with Crippen LogP contribution < -0.4 is 0 Å². The number of hydrogen-bond acceptors (Lipinski definition) is 0. The molecular formula is C19H25I. The lowest BCUT2D eigenvalue weighted by Gasteiger charge is -2.29. The molecule has 0 nitrogen and oxygen atoms in total. The van der Waals surface area contributed by atoms with E-state index in [4.69, 9.17) is 0 Å². The summed E-state index contributed by atoms with van der Waals surface area (Å²) in [4.78, 5) is 0. The van der Waals surface area contributed by atoms with Crippen LogP contribution >= 0.6 is 22.6 Å². The van der Waals surface area contributed by atoms with Crippen LogP contribution in [0.3, 0.4) is 0 Å². The van der Waals surface area contributed by atoms with E-state index in [1.54, 1.807) is 5.57 Å². The molecular weight excluding hydrogens is 355 g/mol. The van der Waals surface area contributed by atoms with Crippen LogP contribution in [-0.2, 0) is 0 Å². The fourth-order valence-corrected chi connectivity index (χ4v) is 3.58. The van der Waals surface area contributed by atoms with Crippen LogP contribution in [0.25, 0.3) is 0 Å². The first-order valence-electron chi connectivity index (χ1n) is 7.77. The third-order valence-corrected chi connectivity index (χ3v) is 5.80. The molecule has 0 bridgehead atoms. The van der Waals surface area contributed by atoms with E-state index >= 15 is 0 Å². The zero-order valence-corrected chi connectivity index (χ0v) is 14.7. The molecule has 0 saturated heterocycles. The van der Waals surface area contributed by atoms with E-state index in [1.807, 2.05) is 0 Å². The van der Waals surface area contributed by atoms with Crippen LogP contribution in [0.5, 0.6) is 0 Å². The Bertz CT molecular complexity index is 458. The second-order valence-corrected chi connectivity index (χ2v) is 7.52. The Hall–Kier alpha value is -0.570. The summed E-state index contributed by atoms with van der Waals surface area (Å²) in [5.41, 5.74) is 3.13. The number of halogens is 1. The minimum absolute atomic E-state index is 0.645. The predicted molar refractivity (Wildman–Crippen MR) is 97.5 cm³/mol. The molecule has 0 amide bonds. The quantitative estimate of drug-likeness (QED) is 0.402. The lowest BCUT2D eigenvalue weighted by Crippen LogP contribution is -2.17. The highest BCUT2D eigenvalue weighted by Gasteiger charge is 2.24. The summed E-state index contributed by atoms with van der Waals surface area (Å²) >= 11 is 2.62. The van der Waals surface area contributed by atoms with Gasteiger partial charge in [0.15, 0.2) is 0 Å². The maximum Gasteiger partial charge on any atom is 0.0113 e. The maximum atomic E-state index is 2.62. The zero-order valence-electron chi connectivity index (χ0n) is 12.6. The van der Waals surface area contributed by atoms with Gasteiger partial charge in [-0.2, -0.15) is 0 Å². The highest BCUT2D eigenvalue weighted by atomic mass is 127. The molecule has 0 heterocycles. The third kappa shape index (κ3) is 4.21. The largest absolute Gasteiger partial charge is 0.0842 e. The van der Waals surface area contributed by atoms with Gasteiger partial charge in [-0.1, -0.05) is 90.6 Å². The normalized spacial score (nSPS) is 19.2. The van der Waals surface area contributed by atoms with E-state index < -0.39 is 0 Å². The summed E-state index contributed by atoms with van der Waals surface area (Å²) < 4.78 is 0.764. The smallest absolute Gasteiger partial charge is 0.0113 e. The van der Waals surface area contributed by atoms with E-state index in [0.717, 1.165) is 3.92 Å². The summed E-state index contributed by atoms with van der Waals surface area (Å²) in [7, 11) is 0. The second kappa shape index (κ2) is 8.02. The minimum Gasteiger partial charge on any atom is -0.0842 e. The van der Waals surface area contributed by atoms with Crippen LogP contribution in [0.15, 0.2) is 54.1 Å². The SMILES string of the molecule is CCC(I)CC(c1ccccc1)C(C)C1=CC=CCC1. The van der Waals surface area contributed by atoms with Gasteiger partial charge in [0.05, 0.1) is 0 Å². The standard InChI is InChI=1S/C19H25I/c1-3-18(20)14-19(17-12-8-5-9-13-17)15(2)16-10-6-4-7-11-16/h4-6,8-10,12-13,15,18-19H,3,7,11,14H2,1-2H3. The fourth-order valence-electron chi connectivity index (χ4n) is 3.03. The number of benzene rings is 1. The van der Waals surface area contributed by atoms with Gasteiger partial charge in [0.25, 0.3) is 0 Å². The minimum atomic E-state index is 0.645. The van der Waals surface area contributed by atoms with Crippen molar-refractivity contribution in [3.05, 3.63) is 59.7 Å². The van der Waals surface area contributed by atoms with Crippen LogP contribution in [0.4, 0.5) is 0 Å². The highest BCUT2D eigenvalue weighted by molar-refractivity contribution is 14.1. The van der Waals surface area contributed by atoms with E-state index in [2.05, 4.69) is 85.0 Å². The molecule has 0 aromatic heterocycles. The van der Waals surface area contributed by atoms with Crippen molar-refractivity contribution in [1.82, 2.24) is 0 Å². The van der Waals surface area contributed by atoms with Crippen molar-refractivity contribution in [2.75, 3.05) is 0 Å². The van der Waals surface area contributed by atoms with Gasteiger partial charge in [-0.25, -0.2) is 0 Å². The number of hydrogen-bond donors (Lipinski definition) is 0. The summed E-state index contributed by atoms with van der Waals surface area (Å²) in [6.07, 6.45) is 11.8. The fraction of sp³-hybridized carbons (Fsp3) is 0.474. The van der Waals surface area contributed by atoms with Crippen molar-refractivity contribution in [2.45, 2.75) is 49.4 Å². The highest BCUT2D eigenvalue weighted by Crippen LogP contribution is 2.38. The number of rotatable bonds is 6. The lowest BCUT2D eigenvalue weighted by molar-refractivity contribution is 0.471. The molecule has 1 heteroatoms. The molecule has 0 saturated carbocycles. The monoisotopic (exact) mass is 380 g/mol. The Balaban J connectivity index is 2.21. The molecule has 0 fully saturated rings. The molecule has 0 N–H and O–H groups in total. The van der Waals surface area contributed by atoms with E-state index in [9.17, 15) is 0 Å². The van der Waals surface area contributed by atoms with E-state index in [-0.39, 0.29) is 0 Å². The zero-order chi connectivity index (χ0) is 14.4. The molecule has 20 heavy (non-hydrogen) atoms. The van der Waals surface area contributed by atoms with Gasteiger partial charge in [-0.3, -0.25) is 0 Å². The molecule has 1 aromatic rings. The molecule has 0 radical (unpaired) electrons. The molecule has 0 aliphatic heterocycles. The molecule has 3 atom stereocenters. The van der Waals surface area contributed by atoms with Crippen molar-refractivity contribution in [1.29, 1.82) is 0 Å². The first-order valence-corrected chi connectivity index (χ1v) is 9.01. The summed E-state index contributed by atoms with van der Waals surface area (Å²) in [5, 5.41) is 0. The summed E-state index contributed by atoms with van der Waals surface area (Å²) in [6, 6.07) is 11.1. The van der Waals surface area contributed by atoms with Crippen LogP contribution in [0, 0.1) is 5.92 Å². The number of alkyl halides is 1. The van der Waals surface area contributed by atoms with E-state index in [1.165, 1.54) is 31.2 Å². The first kappa shape index (κ1) is 15.8. The number of allylic oxidation sites excluding steroid dienone is 4. The summed E-state index contributed by atoms with van der Waals surface area (Å²) in [6.45, 7) is 4.72. The average Bonchev–Trinajstić information content (AvgIpc) is 2.53. The van der Waals surface area contributed by atoms with Crippen molar-refractivity contribution in [3.8, 4) is 0 Å². The third-order valence-electron chi connectivity index (χ3n) is 4.41. The van der Waals surface area contributed by atoms with Crippen molar-refractivity contribution >= 4 is 22.6 Å². The Morgan fingerprint density at radius 3 is 2.55 bits per heavy atom. The van der Waals surface area contributed by atoms with Gasteiger partial charge in [0.2, 0.25) is 0 Å². The van der Waals surface area contributed by atoms with Gasteiger partial charge < -0.3 is 0 Å². The van der Waals surface area contributed by atoms with Gasteiger partial charge in [0, 0.05) is 3.92 Å². The molecule has 2 rings (SSSR count). The van der Waals surface area contributed by atoms with Crippen LogP contribution in [-0.4, -0.2) is 3.92 Å². The topological polar surface area (TPSA) is 0 Å². The molecule has 3 unspecified atom stereocenters. The molecule has 1 aliphatic rings. The lowest BCUT2D eigenvalue weighted by atomic mass is 9.77. The Morgan fingerprint density at radius 2 is 1.95 bits per heavy atom. The van der Waals surface area contributed by atoms with Gasteiger partial charge in [0.1, 0.15) is 0 Å². The van der Waals surface area contributed by atoms with Crippen LogP contribution in [0.1, 0.15) is 51.0 Å². The Morgan fingerprint density at radius 1 is 1.20 bits per heavy atom. The Labute approximate surface area is 137 Å². The van der Waals surface area contributed by atoms with Gasteiger partial charge >= 0.3 is 0 Å². The first-order chi connectivity index (χ1) is 9.72.